The van der Waals surface area contributed by atoms with E-state index in [-0.39, 0.29) is 18.4 Å². The largest absolute Gasteiger partial charge is 0.368 e. The van der Waals surface area contributed by atoms with Crippen LogP contribution in [0.2, 0.25) is 0 Å². The number of aryl methyl sites for hydroxylation is 1. The molecule has 1 amide bonds. The maximum Gasteiger partial charge on any atom is 0.239 e. The van der Waals surface area contributed by atoms with E-state index in [1.54, 1.807) is 0 Å². The molecule has 0 aromatic heterocycles. The van der Waals surface area contributed by atoms with Crippen LogP contribution in [0.3, 0.4) is 0 Å². The predicted molar refractivity (Wildman–Crippen MR) is 88.2 cm³/mol. The standard InChI is InChI=1S/C16H23N3O.ClH/c1-13-5-2-3-7-15(13)18-9-11-19(12-10-18)16(20)14-6-4-8-17-14;/h2-3,5,7,14,17H,4,6,8-12H2,1H3;1H. The number of nitrogens with one attached hydrogen (secondary N) is 1. The van der Waals surface area contributed by atoms with E-state index < -0.39 is 0 Å². The lowest BCUT2D eigenvalue weighted by molar-refractivity contribution is -0.133. The third-order valence-electron chi connectivity index (χ3n) is 4.41. The molecule has 1 aromatic rings. The first kappa shape index (κ1) is 16.1. The predicted octanol–water partition coefficient (Wildman–Crippen LogP) is 1.82. The van der Waals surface area contributed by atoms with Crippen LogP contribution in [0.4, 0.5) is 5.69 Å². The average molecular weight is 310 g/mol. The number of rotatable bonds is 2. The van der Waals surface area contributed by atoms with Gasteiger partial charge in [0.25, 0.3) is 0 Å². The number of amides is 1. The third kappa shape index (κ3) is 3.50. The number of anilines is 1. The minimum atomic E-state index is 0. The van der Waals surface area contributed by atoms with Gasteiger partial charge in [-0.15, -0.1) is 12.4 Å². The average Bonchev–Trinajstić information content (AvgIpc) is 3.01. The summed E-state index contributed by atoms with van der Waals surface area (Å²) in [5.41, 5.74) is 2.61. The Hall–Kier alpha value is -1.26. The molecule has 0 aliphatic carbocycles. The van der Waals surface area contributed by atoms with Gasteiger partial charge >= 0.3 is 0 Å². The summed E-state index contributed by atoms with van der Waals surface area (Å²) in [6.07, 6.45) is 2.12. The van der Waals surface area contributed by atoms with Crippen LogP contribution in [-0.2, 0) is 4.79 Å². The van der Waals surface area contributed by atoms with Gasteiger partial charge in [-0.05, 0) is 37.9 Å². The molecule has 2 heterocycles. The minimum absolute atomic E-state index is 0. The monoisotopic (exact) mass is 309 g/mol. The number of hydrogen-bond donors (Lipinski definition) is 1. The van der Waals surface area contributed by atoms with Crippen LogP contribution in [0.25, 0.3) is 0 Å². The zero-order valence-corrected chi connectivity index (χ0v) is 13.4. The van der Waals surface area contributed by atoms with E-state index in [1.807, 2.05) is 4.90 Å². The molecule has 3 rings (SSSR count). The number of piperazine rings is 1. The number of nitrogens with zero attached hydrogens (tertiary/aromatic N) is 2. The maximum absolute atomic E-state index is 12.4. The number of para-hydroxylation sites is 1. The first-order chi connectivity index (χ1) is 9.75. The summed E-state index contributed by atoms with van der Waals surface area (Å²) in [6, 6.07) is 8.55. The van der Waals surface area contributed by atoms with Crippen molar-refractivity contribution in [1.29, 1.82) is 0 Å². The molecule has 0 radical (unpaired) electrons. The van der Waals surface area contributed by atoms with Crippen molar-refractivity contribution in [2.45, 2.75) is 25.8 Å². The second kappa shape index (κ2) is 7.14. The molecule has 0 spiro atoms. The first-order valence-corrected chi connectivity index (χ1v) is 7.58. The van der Waals surface area contributed by atoms with Gasteiger partial charge in [0, 0.05) is 31.9 Å². The summed E-state index contributed by atoms with van der Waals surface area (Å²) < 4.78 is 0. The highest BCUT2D eigenvalue weighted by Crippen LogP contribution is 2.21. The summed E-state index contributed by atoms with van der Waals surface area (Å²) in [6.45, 7) is 6.68. The summed E-state index contributed by atoms with van der Waals surface area (Å²) in [5, 5.41) is 3.30. The fourth-order valence-electron chi connectivity index (χ4n) is 3.20. The van der Waals surface area contributed by atoms with Gasteiger partial charge in [-0.1, -0.05) is 18.2 Å². The fraction of sp³-hybridized carbons (Fsp3) is 0.562. The van der Waals surface area contributed by atoms with Crippen molar-refractivity contribution in [2.75, 3.05) is 37.6 Å². The second-order valence-electron chi connectivity index (χ2n) is 5.75. The van der Waals surface area contributed by atoms with Crippen molar-refractivity contribution in [2.24, 2.45) is 0 Å². The van der Waals surface area contributed by atoms with Crippen LogP contribution in [0.1, 0.15) is 18.4 Å². The molecular weight excluding hydrogens is 286 g/mol. The van der Waals surface area contributed by atoms with Crippen molar-refractivity contribution in [3.05, 3.63) is 29.8 Å². The highest BCUT2D eigenvalue weighted by atomic mass is 35.5. The van der Waals surface area contributed by atoms with Crippen molar-refractivity contribution in [3.8, 4) is 0 Å². The van der Waals surface area contributed by atoms with Gasteiger partial charge in [-0.3, -0.25) is 4.79 Å². The topological polar surface area (TPSA) is 35.6 Å². The van der Waals surface area contributed by atoms with Gasteiger partial charge in [-0.2, -0.15) is 0 Å². The Morgan fingerprint density at radius 1 is 1.19 bits per heavy atom. The van der Waals surface area contributed by atoms with Crippen molar-refractivity contribution in [1.82, 2.24) is 10.2 Å². The molecule has 2 aliphatic rings. The quantitative estimate of drug-likeness (QED) is 0.905. The first-order valence-electron chi connectivity index (χ1n) is 7.58. The molecule has 0 bridgehead atoms. The van der Waals surface area contributed by atoms with E-state index in [1.165, 1.54) is 11.3 Å². The number of carbonyl (C=O) groups excluding carboxylic acids is 1. The zero-order valence-electron chi connectivity index (χ0n) is 12.5. The molecule has 21 heavy (non-hydrogen) atoms. The zero-order chi connectivity index (χ0) is 13.9. The van der Waals surface area contributed by atoms with Crippen molar-refractivity contribution < 1.29 is 4.79 Å². The molecule has 1 unspecified atom stereocenters. The summed E-state index contributed by atoms with van der Waals surface area (Å²) in [5.74, 6) is 0.298. The Kier molecular flexibility index (Phi) is 5.48. The number of halogens is 1. The SMILES string of the molecule is Cc1ccccc1N1CCN(C(=O)C2CCCN2)CC1.Cl. The summed E-state index contributed by atoms with van der Waals surface area (Å²) in [4.78, 5) is 16.8. The van der Waals surface area contributed by atoms with Gasteiger partial charge in [0.15, 0.2) is 0 Å². The number of carbonyl (C=O) groups is 1. The van der Waals surface area contributed by atoms with Gasteiger partial charge in [-0.25, -0.2) is 0 Å². The molecular formula is C16H24ClN3O. The van der Waals surface area contributed by atoms with Gasteiger partial charge in [0.2, 0.25) is 5.91 Å². The molecule has 1 N–H and O–H groups in total. The summed E-state index contributed by atoms with van der Waals surface area (Å²) in [7, 11) is 0. The van der Waals surface area contributed by atoms with E-state index in [4.69, 9.17) is 0 Å². The number of hydrogen-bond acceptors (Lipinski definition) is 3. The maximum atomic E-state index is 12.4. The Bertz CT molecular complexity index is 480. The van der Waals surface area contributed by atoms with Crippen molar-refractivity contribution in [3.63, 3.8) is 0 Å². The Labute approximate surface area is 132 Å². The molecule has 1 aromatic carbocycles. The van der Waals surface area contributed by atoms with E-state index in [0.717, 1.165) is 45.6 Å². The Morgan fingerprint density at radius 2 is 1.90 bits per heavy atom. The lowest BCUT2D eigenvalue weighted by Gasteiger charge is -2.37. The molecule has 0 saturated carbocycles. The molecule has 5 heteroatoms. The van der Waals surface area contributed by atoms with Crippen LogP contribution < -0.4 is 10.2 Å². The number of benzene rings is 1. The highest BCUT2D eigenvalue weighted by molar-refractivity contribution is 5.85. The van der Waals surface area contributed by atoms with E-state index in [0.29, 0.717) is 5.91 Å². The van der Waals surface area contributed by atoms with E-state index >= 15 is 0 Å². The van der Waals surface area contributed by atoms with Gasteiger partial charge in [0.1, 0.15) is 0 Å². The fourth-order valence-corrected chi connectivity index (χ4v) is 3.20. The Balaban J connectivity index is 0.00000161. The van der Waals surface area contributed by atoms with Crippen LogP contribution >= 0.6 is 12.4 Å². The van der Waals surface area contributed by atoms with Crippen LogP contribution in [0, 0.1) is 6.92 Å². The molecule has 116 valence electrons. The molecule has 1 atom stereocenters. The van der Waals surface area contributed by atoms with Crippen LogP contribution in [0.15, 0.2) is 24.3 Å². The second-order valence-corrected chi connectivity index (χ2v) is 5.75. The lowest BCUT2D eigenvalue weighted by Crippen LogP contribution is -2.53. The van der Waals surface area contributed by atoms with Gasteiger partial charge < -0.3 is 15.1 Å². The molecule has 2 saturated heterocycles. The van der Waals surface area contributed by atoms with Crippen molar-refractivity contribution >= 4 is 24.0 Å². The molecule has 2 aliphatic heterocycles. The van der Waals surface area contributed by atoms with E-state index in [9.17, 15) is 4.79 Å². The highest BCUT2D eigenvalue weighted by Gasteiger charge is 2.29. The summed E-state index contributed by atoms with van der Waals surface area (Å²) >= 11 is 0. The van der Waals surface area contributed by atoms with Crippen LogP contribution in [-0.4, -0.2) is 49.6 Å². The smallest absolute Gasteiger partial charge is 0.239 e. The van der Waals surface area contributed by atoms with Crippen LogP contribution in [0.5, 0.6) is 0 Å². The lowest BCUT2D eigenvalue weighted by atomic mass is 10.1. The third-order valence-corrected chi connectivity index (χ3v) is 4.41. The minimum Gasteiger partial charge on any atom is -0.368 e. The van der Waals surface area contributed by atoms with Gasteiger partial charge in [0.05, 0.1) is 6.04 Å². The Morgan fingerprint density at radius 3 is 2.52 bits per heavy atom. The molecule has 4 nitrogen and oxygen atoms in total. The molecule has 2 fully saturated rings. The normalized spacial score (nSPS) is 22.0. The van der Waals surface area contributed by atoms with E-state index in [2.05, 4.69) is 41.4 Å².